The maximum Gasteiger partial charge on any atom is 0.237 e. The minimum atomic E-state index is -0.486. The molecule has 1 aromatic carbocycles. The number of hydrogen-bond donors (Lipinski definition) is 3. The molecule has 0 saturated heterocycles. The molecule has 4 N–H and O–H groups in total. The zero-order valence-electron chi connectivity index (χ0n) is 13.7. The van der Waals surface area contributed by atoms with Crippen LogP contribution in [0.4, 0.5) is 0 Å². The van der Waals surface area contributed by atoms with Crippen molar-refractivity contribution in [3.05, 3.63) is 36.0 Å². The predicted octanol–water partition coefficient (Wildman–Crippen LogP) is 3.12. The summed E-state index contributed by atoms with van der Waals surface area (Å²) in [6, 6.07) is 7.62. The van der Waals surface area contributed by atoms with E-state index in [4.69, 9.17) is 5.73 Å². The molecule has 23 heavy (non-hydrogen) atoms. The van der Waals surface area contributed by atoms with Crippen LogP contribution in [0.25, 0.3) is 10.9 Å². The Morgan fingerprint density at radius 3 is 2.87 bits per heavy atom. The monoisotopic (exact) mass is 313 g/mol. The summed E-state index contributed by atoms with van der Waals surface area (Å²) < 4.78 is 0. The van der Waals surface area contributed by atoms with Gasteiger partial charge in [0.15, 0.2) is 0 Å². The van der Waals surface area contributed by atoms with Gasteiger partial charge in [-0.3, -0.25) is 4.79 Å². The van der Waals surface area contributed by atoms with Crippen molar-refractivity contribution in [3.63, 3.8) is 0 Å². The maximum absolute atomic E-state index is 12.2. The van der Waals surface area contributed by atoms with Crippen molar-refractivity contribution in [1.29, 1.82) is 0 Å². The van der Waals surface area contributed by atoms with Crippen molar-refractivity contribution in [1.82, 2.24) is 10.3 Å². The van der Waals surface area contributed by atoms with Crippen LogP contribution in [0.2, 0.25) is 0 Å². The van der Waals surface area contributed by atoms with Crippen LogP contribution in [0.1, 0.15) is 44.1 Å². The lowest BCUT2D eigenvalue weighted by molar-refractivity contribution is -0.122. The first-order valence-corrected chi connectivity index (χ1v) is 8.82. The number of para-hydroxylation sites is 1. The van der Waals surface area contributed by atoms with Crippen LogP contribution in [0.5, 0.6) is 0 Å². The summed E-state index contributed by atoms with van der Waals surface area (Å²) in [4.78, 5) is 15.4. The van der Waals surface area contributed by atoms with E-state index in [1.54, 1.807) is 0 Å². The molecule has 1 aromatic heterocycles. The number of nitrogens with two attached hydrogens (primary N) is 1. The van der Waals surface area contributed by atoms with Crippen LogP contribution in [0, 0.1) is 5.92 Å². The third kappa shape index (κ3) is 4.14. The van der Waals surface area contributed by atoms with Crippen molar-refractivity contribution in [2.75, 3.05) is 6.54 Å². The molecule has 4 nitrogen and oxygen atoms in total. The van der Waals surface area contributed by atoms with Crippen LogP contribution in [0.15, 0.2) is 30.5 Å². The number of carbonyl (C=O) groups is 1. The molecule has 0 bridgehead atoms. The number of aromatic amines is 1. The minimum absolute atomic E-state index is 0.0360. The van der Waals surface area contributed by atoms with Gasteiger partial charge in [-0.05, 0) is 30.4 Å². The van der Waals surface area contributed by atoms with E-state index in [1.165, 1.54) is 32.1 Å². The average Bonchev–Trinajstić information content (AvgIpc) is 2.99. The average molecular weight is 313 g/mol. The SMILES string of the molecule is N[C@@H](Cc1c[nH]c2ccccc12)C(=O)NCCC1CCCCC1. The Kier molecular flexibility index (Phi) is 5.34. The lowest BCUT2D eigenvalue weighted by atomic mass is 9.87. The molecule has 4 heteroatoms. The molecule has 0 unspecified atom stereocenters. The predicted molar refractivity (Wildman–Crippen MR) is 94.2 cm³/mol. The maximum atomic E-state index is 12.2. The Hall–Kier alpha value is -1.81. The number of benzene rings is 1. The quantitative estimate of drug-likeness (QED) is 0.767. The number of hydrogen-bond acceptors (Lipinski definition) is 2. The Balaban J connectivity index is 1.47. The number of H-pyrrole nitrogens is 1. The molecule has 1 aliphatic carbocycles. The fourth-order valence-corrected chi connectivity index (χ4v) is 3.64. The first-order chi connectivity index (χ1) is 11.2. The number of nitrogens with one attached hydrogen (secondary N) is 2. The third-order valence-corrected chi connectivity index (χ3v) is 5.03. The van der Waals surface area contributed by atoms with Gasteiger partial charge in [-0.2, -0.15) is 0 Å². The first kappa shape index (κ1) is 16.1. The fourth-order valence-electron chi connectivity index (χ4n) is 3.64. The minimum Gasteiger partial charge on any atom is -0.361 e. The molecule has 2 aromatic rings. The van der Waals surface area contributed by atoms with Crippen LogP contribution in [-0.2, 0) is 11.2 Å². The lowest BCUT2D eigenvalue weighted by Crippen LogP contribution is -2.42. The molecule has 0 aliphatic heterocycles. The molecule has 1 aliphatic rings. The van der Waals surface area contributed by atoms with E-state index in [9.17, 15) is 4.79 Å². The van der Waals surface area contributed by atoms with Gasteiger partial charge in [0.05, 0.1) is 6.04 Å². The lowest BCUT2D eigenvalue weighted by Gasteiger charge is -2.21. The second-order valence-corrected chi connectivity index (χ2v) is 6.75. The van der Waals surface area contributed by atoms with E-state index in [0.717, 1.165) is 35.3 Å². The molecule has 1 heterocycles. The second kappa shape index (κ2) is 7.64. The summed E-state index contributed by atoms with van der Waals surface area (Å²) >= 11 is 0. The standard InChI is InChI=1S/C19H27N3O/c20-17(12-15-13-22-18-9-5-4-8-16(15)18)19(23)21-11-10-14-6-2-1-3-7-14/h4-5,8-9,13-14,17,22H,1-3,6-7,10-12,20H2,(H,21,23)/t17-/m0/s1. The molecule has 1 atom stereocenters. The number of fused-ring (bicyclic) bond motifs is 1. The van der Waals surface area contributed by atoms with Gasteiger partial charge in [-0.15, -0.1) is 0 Å². The van der Waals surface area contributed by atoms with Crippen molar-refractivity contribution in [2.45, 2.75) is 51.0 Å². The highest BCUT2D eigenvalue weighted by Crippen LogP contribution is 2.25. The highest BCUT2D eigenvalue weighted by atomic mass is 16.2. The molecule has 0 spiro atoms. The van der Waals surface area contributed by atoms with Gasteiger partial charge in [0, 0.05) is 23.6 Å². The van der Waals surface area contributed by atoms with Gasteiger partial charge >= 0.3 is 0 Å². The van der Waals surface area contributed by atoms with Crippen LogP contribution < -0.4 is 11.1 Å². The van der Waals surface area contributed by atoms with E-state index in [1.807, 2.05) is 24.4 Å². The fraction of sp³-hybridized carbons (Fsp3) is 0.526. The number of amides is 1. The summed E-state index contributed by atoms with van der Waals surface area (Å²) in [5.41, 5.74) is 8.29. The van der Waals surface area contributed by atoms with E-state index in [0.29, 0.717) is 6.42 Å². The zero-order valence-corrected chi connectivity index (χ0v) is 13.7. The molecular weight excluding hydrogens is 286 g/mol. The molecule has 1 amide bonds. The Labute approximate surface area is 137 Å². The van der Waals surface area contributed by atoms with E-state index >= 15 is 0 Å². The Bertz CT molecular complexity index is 643. The molecule has 3 rings (SSSR count). The number of aromatic nitrogens is 1. The largest absolute Gasteiger partial charge is 0.361 e. The second-order valence-electron chi connectivity index (χ2n) is 6.75. The van der Waals surface area contributed by atoms with E-state index < -0.39 is 6.04 Å². The van der Waals surface area contributed by atoms with E-state index in [2.05, 4.69) is 16.4 Å². The van der Waals surface area contributed by atoms with Gasteiger partial charge in [0.25, 0.3) is 0 Å². The van der Waals surface area contributed by atoms with Crippen molar-refractivity contribution in [2.24, 2.45) is 11.7 Å². The van der Waals surface area contributed by atoms with Gasteiger partial charge in [-0.25, -0.2) is 0 Å². The molecular formula is C19H27N3O. The first-order valence-electron chi connectivity index (χ1n) is 8.82. The van der Waals surface area contributed by atoms with Crippen molar-refractivity contribution in [3.8, 4) is 0 Å². The molecule has 0 radical (unpaired) electrons. The van der Waals surface area contributed by atoms with E-state index in [-0.39, 0.29) is 5.91 Å². The topological polar surface area (TPSA) is 70.9 Å². The summed E-state index contributed by atoms with van der Waals surface area (Å²) in [6.07, 6.45) is 10.3. The van der Waals surface area contributed by atoms with Gasteiger partial charge in [0.1, 0.15) is 0 Å². The zero-order chi connectivity index (χ0) is 16.1. The smallest absolute Gasteiger partial charge is 0.237 e. The Morgan fingerprint density at radius 2 is 2.04 bits per heavy atom. The summed E-state index contributed by atoms with van der Waals surface area (Å²) in [5.74, 6) is 0.750. The van der Waals surface area contributed by atoms with Gasteiger partial charge in [-0.1, -0.05) is 50.3 Å². The normalized spacial score (nSPS) is 17.3. The highest BCUT2D eigenvalue weighted by molar-refractivity contribution is 5.86. The Morgan fingerprint density at radius 1 is 1.26 bits per heavy atom. The van der Waals surface area contributed by atoms with Crippen LogP contribution >= 0.6 is 0 Å². The van der Waals surface area contributed by atoms with Gasteiger partial charge in [0.2, 0.25) is 5.91 Å². The summed E-state index contributed by atoms with van der Waals surface area (Å²) in [7, 11) is 0. The molecule has 124 valence electrons. The van der Waals surface area contributed by atoms with Crippen LogP contribution in [0.3, 0.4) is 0 Å². The molecule has 1 fully saturated rings. The van der Waals surface area contributed by atoms with Crippen molar-refractivity contribution >= 4 is 16.8 Å². The molecule has 1 saturated carbocycles. The van der Waals surface area contributed by atoms with Crippen LogP contribution in [-0.4, -0.2) is 23.5 Å². The highest BCUT2D eigenvalue weighted by Gasteiger charge is 2.17. The number of rotatable bonds is 6. The van der Waals surface area contributed by atoms with Crippen molar-refractivity contribution < 1.29 is 4.79 Å². The number of carbonyl (C=O) groups excluding carboxylic acids is 1. The third-order valence-electron chi connectivity index (χ3n) is 5.03. The van der Waals surface area contributed by atoms with Gasteiger partial charge < -0.3 is 16.0 Å². The summed E-state index contributed by atoms with van der Waals surface area (Å²) in [6.45, 7) is 0.755. The summed E-state index contributed by atoms with van der Waals surface area (Å²) in [5, 5.41) is 4.17.